The maximum absolute atomic E-state index is 12.4. The summed E-state index contributed by atoms with van der Waals surface area (Å²) in [5, 5.41) is 6.03. The zero-order valence-electron chi connectivity index (χ0n) is 18.4. The van der Waals surface area contributed by atoms with Crippen molar-refractivity contribution in [3.8, 4) is 0 Å². The standard InChI is InChI=1S/C24H32N4O2/c1-17-8-9-21(19(3)14-17)25-23(29)15-27-10-12-28(13-11-27)16-24(30)26-22-7-5-6-18(2)20(22)4/h5-9,14H,10-13,15-16H2,1-4H3,(H,25,29)(H,26,30). The number of nitrogens with one attached hydrogen (secondary N) is 2. The summed E-state index contributed by atoms with van der Waals surface area (Å²) in [5.41, 5.74) is 6.27. The van der Waals surface area contributed by atoms with E-state index in [9.17, 15) is 9.59 Å². The quantitative estimate of drug-likeness (QED) is 0.771. The van der Waals surface area contributed by atoms with Gasteiger partial charge in [0.25, 0.3) is 0 Å². The fraction of sp³-hybridized carbons (Fsp3) is 0.417. The van der Waals surface area contributed by atoms with Crippen LogP contribution in [0.4, 0.5) is 11.4 Å². The summed E-state index contributed by atoms with van der Waals surface area (Å²) in [6, 6.07) is 12.0. The van der Waals surface area contributed by atoms with Crippen molar-refractivity contribution in [3.05, 3.63) is 58.7 Å². The normalized spacial score (nSPS) is 15.1. The molecule has 2 aromatic rings. The Balaban J connectivity index is 1.42. The Morgan fingerprint density at radius 1 is 0.767 bits per heavy atom. The minimum atomic E-state index is 0.00284. The molecule has 160 valence electrons. The molecule has 0 aromatic heterocycles. The fourth-order valence-electron chi connectivity index (χ4n) is 3.73. The number of amides is 2. The molecule has 0 radical (unpaired) electrons. The molecule has 30 heavy (non-hydrogen) atoms. The first-order valence-electron chi connectivity index (χ1n) is 10.5. The molecule has 0 unspecified atom stereocenters. The largest absolute Gasteiger partial charge is 0.325 e. The van der Waals surface area contributed by atoms with Gasteiger partial charge in [-0.15, -0.1) is 0 Å². The molecule has 1 aliphatic rings. The van der Waals surface area contributed by atoms with Crippen LogP contribution in [0.2, 0.25) is 0 Å². The van der Waals surface area contributed by atoms with Crippen molar-refractivity contribution in [3.63, 3.8) is 0 Å². The van der Waals surface area contributed by atoms with Crippen LogP contribution in [0.5, 0.6) is 0 Å². The predicted molar refractivity (Wildman–Crippen MR) is 122 cm³/mol. The van der Waals surface area contributed by atoms with E-state index in [2.05, 4.69) is 26.5 Å². The molecule has 2 amide bonds. The van der Waals surface area contributed by atoms with Crippen LogP contribution in [0, 0.1) is 27.7 Å². The Labute approximate surface area is 179 Å². The molecule has 6 nitrogen and oxygen atoms in total. The Morgan fingerprint density at radius 3 is 1.90 bits per heavy atom. The van der Waals surface area contributed by atoms with Crippen molar-refractivity contribution in [1.82, 2.24) is 9.80 Å². The Kier molecular flexibility index (Phi) is 7.24. The Morgan fingerprint density at radius 2 is 1.33 bits per heavy atom. The highest BCUT2D eigenvalue weighted by molar-refractivity contribution is 5.93. The monoisotopic (exact) mass is 408 g/mol. The lowest BCUT2D eigenvalue weighted by Crippen LogP contribution is -2.50. The van der Waals surface area contributed by atoms with Gasteiger partial charge in [-0.25, -0.2) is 0 Å². The molecular formula is C24H32N4O2. The number of hydrogen-bond acceptors (Lipinski definition) is 4. The van der Waals surface area contributed by atoms with Gasteiger partial charge in [-0.1, -0.05) is 29.8 Å². The molecule has 1 aliphatic heterocycles. The van der Waals surface area contributed by atoms with Crippen LogP contribution in [0.25, 0.3) is 0 Å². The van der Waals surface area contributed by atoms with Gasteiger partial charge in [0.2, 0.25) is 11.8 Å². The smallest absolute Gasteiger partial charge is 0.238 e. The van der Waals surface area contributed by atoms with Gasteiger partial charge in [0.1, 0.15) is 0 Å². The number of rotatable bonds is 6. The number of nitrogens with zero attached hydrogens (tertiary/aromatic N) is 2. The van der Waals surface area contributed by atoms with Crippen molar-refractivity contribution in [2.75, 3.05) is 49.9 Å². The summed E-state index contributed by atoms with van der Waals surface area (Å²) in [7, 11) is 0. The predicted octanol–water partition coefficient (Wildman–Crippen LogP) is 3.12. The van der Waals surface area contributed by atoms with Crippen LogP contribution in [0.3, 0.4) is 0 Å². The van der Waals surface area contributed by atoms with E-state index in [-0.39, 0.29) is 11.8 Å². The van der Waals surface area contributed by atoms with E-state index in [4.69, 9.17) is 0 Å². The number of carbonyl (C=O) groups excluding carboxylic acids is 2. The molecule has 0 spiro atoms. The molecule has 1 saturated heterocycles. The third kappa shape index (κ3) is 5.90. The number of aryl methyl sites for hydroxylation is 3. The number of anilines is 2. The van der Waals surface area contributed by atoms with Crippen LogP contribution in [0.1, 0.15) is 22.3 Å². The van der Waals surface area contributed by atoms with Crippen molar-refractivity contribution in [2.24, 2.45) is 0 Å². The van der Waals surface area contributed by atoms with Gasteiger partial charge in [0, 0.05) is 37.6 Å². The summed E-state index contributed by atoms with van der Waals surface area (Å²) in [6.07, 6.45) is 0. The number of benzene rings is 2. The summed E-state index contributed by atoms with van der Waals surface area (Å²) < 4.78 is 0. The molecule has 1 heterocycles. The van der Waals surface area contributed by atoms with E-state index in [0.29, 0.717) is 13.1 Å². The Bertz CT molecular complexity index is 917. The van der Waals surface area contributed by atoms with Gasteiger partial charge in [0.05, 0.1) is 13.1 Å². The second-order valence-electron chi connectivity index (χ2n) is 8.21. The topological polar surface area (TPSA) is 64.7 Å². The molecule has 0 saturated carbocycles. The lowest BCUT2D eigenvalue weighted by Gasteiger charge is -2.33. The first-order valence-corrected chi connectivity index (χ1v) is 10.5. The number of piperazine rings is 1. The molecule has 0 aliphatic carbocycles. The average molecular weight is 409 g/mol. The number of hydrogen-bond donors (Lipinski definition) is 2. The second-order valence-corrected chi connectivity index (χ2v) is 8.21. The first kappa shape index (κ1) is 22.0. The lowest BCUT2D eigenvalue weighted by atomic mass is 10.1. The van der Waals surface area contributed by atoms with Crippen LogP contribution in [-0.4, -0.2) is 60.9 Å². The first-order chi connectivity index (χ1) is 14.3. The summed E-state index contributed by atoms with van der Waals surface area (Å²) in [6.45, 7) is 12.0. The highest BCUT2D eigenvalue weighted by Crippen LogP contribution is 2.18. The molecule has 2 aromatic carbocycles. The summed E-state index contributed by atoms with van der Waals surface area (Å²) in [4.78, 5) is 29.1. The van der Waals surface area contributed by atoms with Gasteiger partial charge < -0.3 is 10.6 Å². The number of carbonyl (C=O) groups is 2. The van der Waals surface area contributed by atoms with E-state index in [1.165, 1.54) is 11.1 Å². The third-order valence-corrected chi connectivity index (χ3v) is 5.73. The van der Waals surface area contributed by atoms with E-state index >= 15 is 0 Å². The summed E-state index contributed by atoms with van der Waals surface area (Å²) >= 11 is 0. The van der Waals surface area contributed by atoms with E-state index in [1.807, 2.05) is 58.0 Å². The van der Waals surface area contributed by atoms with E-state index < -0.39 is 0 Å². The molecule has 0 bridgehead atoms. The van der Waals surface area contributed by atoms with Crippen LogP contribution in [-0.2, 0) is 9.59 Å². The van der Waals surface area contributed by atoms with Gasteiger partial charge in [-0.05, 0) is 56.5 Å². The maximum atomic E-state index is 12.4. The zero-order chi connectivity index (χ0) is 21.7. The van der Waals surface area contributed by atoms with Gasteiger partial charge in [-0.2, -0.15) is 0 Å². The zero-order valence-corrected chi connectivity index (χ0v) is 18.4. The van der Waals surface area contributed by atoms with Gasteiger partial charge in [0.15, 0.2) is 0 Å². The molecule has 6 heteroatoms. The van der Waals surface area contributed by atoms with E-state index in [0.717, 1.165) is 48.7 Å². The second kappa shape index (κ2) is 9.87. The SMILES string of the molecule is Cc1ccc(NC(=O)CN2CCN(CC(=O)Nc3cccc(C)c3C)CC2)c(C)c1. The van der Waals surface area contributed by atoms with Crippen LogP contribution in [0.15, 0.2) is 36.4 Å². The van der Waals surface area contributed by atoms with Crippen molar-refractivity contribution < 1.29 is 9.59 Å². The Hall–Kier alpha value is -2.70. The highest BCUT2D eigenvalue weighted by atomic mass is 16.2. The van der Waals surface area contributed by atoms with Crippen molar-refractivity contribution >= 4 is 23.2 Å². The van der Waals surface area contributed by atoms with Crippen LogP contribution >= 0.6 is 0 Å². The molecular weight excluding hydrogens is 376 g/mol. The molecule has 0 atom stereocenters. The lowest BCUT2D eigenvalue weighted by molar-refractivity contribution is -0.120. The minimum absolute atomic E-state index is 0.00284. The van der Waals surface area contributed by atoms with Gasteiger partial charge in [-0.3, -0.25) is 19.4 Å². The van der Waals surface area contributed by atoms with Crippen molar-refractivity contribution in [2.45, 2.75) is 27.7 Å². The van der Waals surface area contributed by atoms with Crippen LogP contribution < -0.4 is 10.6 Å². The highest BCUT2D eigenvalue weighted by Gasteiger charge is 2.21. The van der Waals surface area contributed by atoms with Crippen molar-refractivity contribution in [1.29, 1.82) is 0 Å². The van der Waals surface area contributed by atoms with E-state index in [1.54, 1.807) is 0 Å². The van der Waals surface area contributed by atoms with Gasteiger partial charge >= 0.3 is 0 Å². The fourth-order valence-corrected chi connectivity index (χ4v) is 3.73. The maximum Gasteiger partial charge on any atom is 0.238 e. The summed E-state index contributed by atoms with van der Waals surface area (Å²) in [5.74, 6) is 0.00723. The third-order valence-electron chi connectivity index (χ3n) is 5.73. The average Bonchev–Trinajstić information content (AvgIpc) is 2.69. The molecule has 2 N–H and O–H groups in total. The molecule has 1 fully saturated rings. The molecule has 3 rings (SSSR count). The minimum Gasteiger partial charge on any atom is -0.325 e.